The lowest BCUT2D eigenvalue weighted by Crippen LogP contribution is -2.41. The number of β-amino-alcohol motifs (C(OH)–C–C–N with tert-alkyl or cyclic N) is 1. The quantitative estimate of drug-likeness (QED) is 0.689. The maximum Gasteiger partial charge on any atom is 0.329 e. The fourth-order valence-electron chi connectivity index (χ4n) is 1.87. The third-order valence-electron chi connectivity index (χ3n) is 2.92. The lowest BCUT2D eigenvalue weighted by atomic mass is 10.1. The second-order valence-electron chi connectivity index (χ2n) is 4.27. The minimum absolute atomic E-state index is 0.0612. The number of hydrogen-bond donors (Lipinski definition) is 2. The Bertz CT molecular complexity index is 214. The Morgan fingerprint density at radius 2 is 2.12 bits per heavy atom. The van der Waals surface area contributed by atoms with E-state index in [1.54, 1.807) is 0 Å². The highest BCUT2D eigenvalue weighted by Gasteiger charge is 2.21. The van der Waals surface area contributed by atoms with E-state index < -0.39 is 5.97 Å². The van der Waals surface area contributed by atoms with Gasteiger partial charge in [-0.1, -0.05) is 6.92 Å². The summed E-state index contributed by atoms with van der Waals surface area (Å²) in [6.45, 7) is 4.22. The lowest BCUT2D eigenvalue weighted by molar-refractivity contribution is -0.145. The van der Waals surface area contributed by atoms with Crippen molar-refractivity contribution in [3.05, 3.63) is 0 Å². The van der Waals surface area contributed by atoms with Crippen LogP contribution in [0, 0.1) is 0 Å². The summed E-state index contributed by atoms with van der Waals surface area (Å²) in [6, 6.07) is 0. The normalized spacial score (nSPS) is 20.9. The highest BCUT2D eigenvalue weighted by molar-refractivity contribution is 5.68. The summed E-state index contributed by atoms with van der Waals surface area (Å²) in [5, 5.41) is 18.0. The van der Waals surface area contributed by atoms with Crippen LogP contribution in [0.1, 0.15) is 26.2 Å². The first kappa shape index (κ1) is 13.4. The van der Waals surface area contributed by atoms with E-state index in [2.05, 4.69) is 4.90 Å². The maximum absolute atomic E-state index is 10.3. The molecule has 0 aromatic carbocycles. The second kappa shape index (κ2) is 6.83. The van der Waals surface area contributed by atoms with E-state index in [4.69, 9.17) is 9.84 Å². The second-order valence-corrected chi connectivity index (χ2v) is 4.27. The standard InChI is InChI=1S/C11H21NO4/c1-2-9(13)7-12-5-3-10(4-6-12)16-8-11(14)15/h9-10,13H,2-8H2,1H3,(H,14,15). The number of carboxylic acid groups (broad SMARTS) is 1. The van der Waals surface area contributed by atoms with Gasteiger partial charge in [0.25, 0.3) is 0 Å². The number of carboxylic acids is 1. The molecule has 2 N–H and O–H groups in total. The van der Waals surface area contributed by atoms with E-state index in [1.807, 2.05) is 6.92 Å². The van der Waals surface area contributed by atoms with E-state index in [0.29, 0.717) is 6.54 Å². The van der Waals surface area contributed by atoms with Gasteiger partial charge in [0.15, 0.2) is 0 Å². The molecule has 1 heterocycles. The average molecular weight is 231 g/mol. The van der Waals surface area contributed by atoms with Crippen molar-refractivity contribution in [1.82, 2.24) is 4.90 Å². The molecule has 1 fully saturated rings. The number of aliphatic carboxylic acids is 1. The van der Waals surface area contributed by atoms with Crippen molar-refractivity contribution in [3.8, 4) is 0 Å². The summed E-state index contributed by atoms with van der Waals surface area (Å²) in [6.07, 6.45) is 2.28. The Labute approximate surface area is 96.0 Å². The molecule has 0 amide bonds. The van der Waals surface area contributed by atoms with Crippen molar-refractivity contribution >= 4 is 5.97 Å². The Morgan fingerprint density at radius 3 is 2.62 bits per heavy atom. The van der Waals surface area contributed by atoms with Crippen molar-refractivity contribution in [2.75, 3.05) is 26.2 Å². The van der Waals surface area contributed by atoms with Gasteiger partial charge in [-0.15, -0.1) is 0 Å². The average Bonchev–Trinajstić information content (AvgIpc) is 2.28. The van der Waals surface area contributed by atoms with Crippen molar-refractivity contribution in [3.63, 3.8) is 0 Å². The largest absolute Gasteiger partial charge is 0.480 e. The SMILES string of the molecule is CCC(O)CN1CCC(OCC(=O)O)CC1. The Balaban J connectivity index is 2.15. The van der Waals surface area contributed by atoms with Gasteiger partial charge in [-0.25, -0.2) is 4.79 Å². The topological polar surface area (TPSA) is 70.0 Å². The zero-order chi connectivity index (χ0) is 12.0. The zero-order valence-corrected chi connectivity index (χ0v) is 9.76. The molecule has 1 aliphatic heterocycles. The van der Waals surface area contributed by atoms with E-state index in [1.165, 1.54) is 0 Å². The molecule has 0 aromatic rings. The molecule has 1 unspecified atom stereocenters. The Kier molecular flexibility index (Phi) is 5.73. The molecule has 5 nitrogen and oxygen atoms in total. The van der Waals surface area contributed by atoms with Gasteiger partial charge in [0.2, 0.25) is 0 Å². The molecule has 94 valence electrons. The molecule has 0 spiro atoms. The molecular weight excluding hydrogens is 210 g/mol. The number of aliphatic hydroxyl groups excluding tert-OH is 1. The van der Waals surface area contributed by atoms with Crippen molar-refractivity contribution in [2.24, 2.45) is 0 Å². The van der Waals surface area contributed by atoms with Gasteiger partial charge in [-0.3, -0.25) is 0 Å². The van der Waals surface area contributed by atoms with Crippen LogP contribution in [0.2, 0.25) is 0 Å². The maximum atomic E-state index is 10.3. The van der Waals surface area contributed by atoms with Crippen molar-refractivity contribution < 1.29 is 19.7 Å². The summed E-state index contributed by atoms with van der Waals surface area (Å²) in [7, 11) is 0. The first-order valence-corrected chi connectivity index (χ1v) is 5.85. The van der Waals surface area contributed by atoms with Gasteiger partial charge in [-0.05, 0) is 19.3 Å². The molecule has 0 aromatic heterocycles. The number of rotatable bonds is 6. The fourth-order valence-corrected chi connectivity index (χ4v) is 1.87. The molecule has 0 saturated carbocycles. The Morgan fingerprint density at radius 1 is 1.50 bits per heavy atom. The lowest BCUT2D eigenvalue weighted by Gasteiger charge is -2.32. The molecule has 16 heavy (non-hydrogen) atoms. The summed E-state index contributed by atoms with van der Waals surface area (Å²) >= 11 is 0. The van der Waals surface area contributed by atoms with Crippen LogP contribution >= 0.6 is 0 Å². The van der Waals surface area contributed by atoms with Crippen LogP contribution in [0.25, 0.3) is 0 Å². The number of ether oxygens (including phenoxy) is 1. The van der Waals surface area contributed by atoms with Gasteiger partial charge in [0.05, 0.1) is 12.2 Å². The molecule has 0 aliphatic carbocycles. The van der Waals surface area contributed by atoms with Gasteiger partial charge < -0.3 is 19.8 Å². The summed E-state index contributed by atoms with van der Waals surface area (Å²) in [4.78, 5) is 12.5. The highest BCUT2D eigenvalue weighted by atomic mass is 16.5. The van der Waals surface area contributed by atoms with Crippen molar-refractivity contribution in [2.45, 2.75) is 38.4 Å². The molecule has 1 aliphatic rings. The smallest absolute Gasteiger partial charge is 0.329 e. The number of likely N-dealkylation sites (tertiary alicyclic amines) is 1. The van der Waals surface area contributed by atoms with Crippen LogP contribution in [-0.4, -0.2) is 59.5 Å². The molecule has 1 saturated heterocycles. The van der Waals surface area contributed by atoms with E-state index in [0.717, 1.165) is 32.4 Å². The van der Waals surface area contributed by atoms with E-state index >= 15 is 0 Å². The molecule has 0 radical (unpaired) electrons. The van der Waals surface area contributed by atoms with Gasteiger partial charge in [-0.2, -0.15) is 0 Å². The fraction of sp³-hybridized carbons (Fsp3) is 0.909. The number of hydrogen-bond acceptors (Lipinski definition) is 4. The van der Waals surface area contributed by atoms with Gasteiger partial charge >= 0.3 is 5.97 Å². The van der Waals surface area contributed by atoms with Crippen LogP contribution in [-0.2, 0) is 9.53 Å². The molecule has 1 rings (SSSR count). The van der Waals surface area contributed by atoms with Gasteiger partial charge in [0.1, 0.15) is 6.61 Å². The van der Waals surface area contributed by atoms with E-state index in [9.17, 15) is 9.90 Å². The van der Waals surface area contributed by atoms with Crippen LogP contribution in [0.15, 0.2) is 0 Å². The number of nitrogens with zero attached hydrogens (tertiary/aromatic N) is 1. The predicted molar refractivity (Wildman–Crippen MR) is 59.3 cm³/mol. The molecular formula is C11H21NO4. The minimum Gasteiger partial charge on any atom is -0.480 e. The third-order valence-corrected chi connectivity index (χ3v) is 2.92. The first-order valence-electron chi connectivity index (χ1n) is 5.85. The predicted octanol–water partition coefficient (Wildman–Crippen LogP) is 0.323. The zero-order valence-electron chi connectivity index (χ0n) is 9.76. The number of piperidine rings is 1. The minimum atomic E-state index is -0.913. The van der Waals surface area contributed by atoms with Gasteiger partial charge in [0, 0.05) is 19.6 Å². The summed E-state index contributed by atoms with van der Waals surface area (Å²) in [5.41, 5.74) is 0. The highest BCUT2D eigenvalue weighted by Crippen LogP contribution is 2.14. The van der Waals surface area contributed by atoms with Crippen LogP contribution in [0.3, 0.4) is 0 Å². The first-order chi connectivity index (χ1) is 7.61. The van der Waals surface area contributed by atoms with Crippen LogP contribution in [0.5, 0.6) is 0 Å². The molecule has 0 bridgehead atoms. The number of aliphatic hydroxyl groups is 1. The summed E-state index contributed by atoms with van der Waals surface area (Å²) < 4.78 is 5.24. The number of carbonyl (C=O) groups is 1. The molecule has 5 heteroatoms. The monoisotopic (exact) mass is 231 g/mol. The Hall–Kier alpha value is -0.650. The summed E-state index contributed by atoms with van der Waals surface area (Å²) in [5.74, 6) is -0.913. The van der Waals surface area contributed by atoms with Crippen LogP contribution < -0.4 is 0 Å². The third kappa shape index (κ3) is 4.92. The van der Waals surface area contributed by atoms with Crippen molar-refractivity contribution in [1.29, 1.82) is 0 Å². The van der Waals surface area contributed by atoms with Crippen LogP contribution in [0.4, 0.5) is 0 Å². The van der Waals surface area contributed by atoms with E-state index in [-0.39, 0.29) is 18.8 Å². The molecule has 1 atom stereocenters.